The third kappa shape index (κ3) is 3.04. The molecule has 4 rings (SSSR count). The average molecular weight is 334 g/mol. The van der Waals surface area contributed by atoms with Crippen molar-refractivity contribution in [2.45, 2.75) is 12.6 Å². The Balaban J connectivity index is 1.78. The summed E-state index contributed by atoms with van der Waals surface area (Å²) in [5, 5.41) is 1.07. The minimum atomic E-state index is -0.206. The first-order valence-electron chi connectivity index (χ1n) is 8.57. The monoisotopic (exact) mass is 334 g/mol. The standard InChI is InChI=1S/C20H22N4O/c21-12-17(22)16-11-20(23-18-7-3-2-6-15(16)18)24-9-10-25-19-8-4-1-5-14(19)13-24/h1-8,11,17H,9-10,12-13,21-22H2. The van der Waals surface area contributed by atoms with Crippen LogP contribution in [0, 0.1) is 0 Å². The van der Waals surface area contributed by atoms with Gasteiger partial charge >= 0.3 is 0 Å². The number of rotatable bonds is 3. The number of nitrogens with zero attached hydrogens (tertiary/aromatic N) is 2. The Morgan fingerprint density at radius 3 is 2.80 bits per heavy atom. The Morgan fingerprint density at radius 2 is 1.92 bits per heavy atom. The molecule has 1 aliphatic rings. The maximum Gasteiger partial charge on any atom is 0.130 e. The average Bonchev–Trinajstić information content (AvgIpc) is 2.89. The molecule has 4 N–H and O–H groups in total. The highest BCUT2D eigenvalue weighted by atomic mass is 16.5. The molecule has 0 fully saturated rings. The maximum absolute atomic E-state index is 6.27. The van der Waals surface area contributed by atoms with Gasteiger partial charge in [-0.3, -0.25) is 0 Å². The third-order valence-corrected chi connectivity index (χ3v) is 4.66. The molecule has 2 heterocycles. The molecule has 0 amide bonds. The number of nitrogens with two attached hydrogens (primary N) is 2. The van der Waals surface area contributed by atoms with Crippen molar-refractivity contribution in [1.82, 2.24) is 4.98 Å². The Hall–Kier alpha value is -2.63. The number of para-hydroxylation sites is 2. The van der Waals surface area contributed by atoms with E-state index in [0.717, 1.165) is 41.1 Å². The van der Waals surface area contributed by atoms with E-state index in [1.807, 2.05) is 36.4 Å². The van der Waals surface area contributed by atoms with Gasteiger partial charge in [0.2, 0.25) is 0 Å². The van der Waals surface area contributed by atoms with Crippen LogP contribution in [0.4, 0.5) is 5.82 Å². The zero-order valence-electron chi connectivity index (χ0n) is 14.1. The summed E-state index contributed by atoms with van der Waals surface area (Å²) in [4.78, 5) is 7.11. The van der Waals surface area contributed by atoms with Crippen LogP contribution in [-0.2, 0) is 6.54 Å². The fourth-order valence-electron chi connectivity index (χ4n) is 3.30. The van der Waals surface area contributed by atoms with Gasteiger partial charge in [-0.25, -0.2) is 4.98 Å². The van der Waals surface area contributed by atoms with Crippen molar-refractivity contribution >= 4 is 16.7 Å². The van der Waals surface area contributed by atoms with Crippen LogP contribution in [0.1, 0.15) is 17.2 Å². The van der Waals surface area contributed by atoms with Crippen LogP contribution in [0.2, 0.25) is 0 Å². The van der Waals surface area contributed by atoms with Crippen molar-refractivity contribution in [2.75, 3.05) is 24.6 Å². The van der Waals surface area contributed by atoms with E-state index < -0.39 is 0 Å². The van der Waals surface area contributed by atoms with Gasteiger partial charge in [0.25, 0.3) is 0 Å². The summed E-state index contributed by atoms with van der Waals surface area (Å²) in [6, 6.07) is 18.1. The molecule has 0 bridgehead atoms. The third-order valence-electron chi connectivity index (χ3n) is 4.66. The van der Waals surface area contributed by atoms with Crippen molar-refractivity contribution in [3.63, 3.8) is 0 Å². The van der Waals surface area contributed by atoms with E-state index in [2.05, 4.69) is 23.1 Å². The molecule has 1 atom stereocenters. The van der Waals surface area contributed by atoms with E-state index in [1.165, 1.54) is 5.56 Å². The largest absolute Gasteiger partial charge is 0.491 e. The van der Waals surface area contributed by atoms with Gasteiger partial charge < -0.3 is 21.1 Å². The number of pyridine rings is 1. The minimum Gasteiger partial charge on any atom is -0.491 e. The lowest BCUT2D eigenvalue weighted by Crippen LogP contribution is -2.27. The second-order valence-corrected chi connectivity index (χ2v) is 6.31. The molecule has 3 aromatic rings. The number of anilines is 1. The zero-order chi connectivity index (χ0) is 17.2. The first kappa shape index (κ1) is 15.9. The highest BCUT2D eigenvalue weighted by molar-refractivity contribution is 5.84. The van der Waals surface area contributed by atoms with Crippen molar-refractivity contribution in [1.29, 1.82) is 0 Å². The SMILES string of the molecule is NCC(N)c1cc(N2CCOc3ccccc3C2)nc2ccccc12. The molecule has 5 nitrogen and oxygen atoms in total. The van der Waals surface area contributed by atoms with Crippen LogP contribution in [0.5, 0.6) is 5.75 Å². The van der Waals surface area contributed by atoms with Crippen molar-refractivity contribution in [3.05, 3.63) is 65.7 Å². The summed E-state index contributed by atoms with van der Waals surface area (Å²) in [5.41, 5.74) is 15.3. The number of ether oxygens (including phenoxy) is 1. The molecule has 0 saturated heterocycles. The summed E-state index contributed by atoms with van der Waals surface area (Å²) in [5.74, 6) is 1.86. The smallest absolute Gasteiger partial charge is 0.130 e. The van der Waals surface area contributed by atoms with E-state index in [0.29, 0.717) is 13.2 Å². The van der Waals surface area contributed by atoms with Gasteiger partial charge in [-0.1, -0.05) is 36.4 Å². The molecule has 1 unspecified atom stereocenters. The molecule has 0 radical (unpaired) electrons. The second kappa shape index (κ2) is 6.70. The molecule has 25 heavy (non-hydrogen) atoms. The van der Waals surface area contributed by atoms with E-state index in [1.54, 1.807) is 0 Å². The van der Waals surface area contributed by atoms with Crippen LogP contribution in [0.3, 0.4) is 0 Å². The molecule has 1 aromatic heterocycles. The van der Waals surface area contributed by atoms with Gasteiger partial charge in [-0.05, 0) is 23.8 Å². The fraction of sp³-hybridized carbons (Fsp3) is 0.250. The van der Waals surface area contributed by atoms with E-state index in [4.69, 9.17) is 21.2 Å². The number of hydrogen-bond acceptors (Lipinski definition) is 5. The van der Waals surface area contributed by atoms with Crippen LogP contribution < -0.4 is 21.1 Å². The molecule has 1 aliphatic heterocycles. The molecule has 0 aliphatic carbocycles. The minimum absolute atomic E-state index is 0.206. The van der Waals surface area contributed by atoms with E-state index in [9.17, 15) is 0 Å². The number of aromatic nitrogens is 1. The molecular weight excluding hydrogens is 312 g/mol. The predicted molar refractivity (Wildman–Crippen MR) is 101 cm³/mol. The Morgan fingerprint density at radius 1 is 1.12 bits per heavy atom. The first-order valence-corrected chi connectivity index (χ1v) is 8.57. The van der Waals surface area contributed by atoms with Crippen LogP contribution >= 0.6 is 0 Å². The predicted octanol–water partition coefficient (Wildman–Crippen LogP) is 2.59. The summed E-state index contributed by atoms with van der Waals surface area (Å²) in [6.45, 7) is 2.57. The second-order valence-electron chi connectivity index (χ2n) is 6.31. The molecule has 5 heteroatoms. The van der Waals surface area contributed by atoms with Crippen LogP contribution in [0.15, 0.2) is 54.6 Å². The van der Waals surface area contributed by atoms with Crippen LogP contribution in [0.25, 0.3) is 10.9 Å². The number of benzene rings is 2. The highest BCUT2D eigenvalue weighted by Gasteiger charge is 2.19. The maximum atomic E-state index is 6.27. The van der Waals surface area contributed by atoms with E-state index in [-0.39, 0.29) is 6.04 Å². The topological polar surface area (TPSA) is 77.4 Å². The van der Waals surface area contributed by atoms with Gasteiger partial charge in [0, 0.05) is 30.1 Å². The normalized spacial score (nSPS) is 15.4. The molecule has 0 spiro atoms. The molecule has 128 valence electrons. The van der Waals surface area contributed by atoms with Gasteiger partial charge in [-0.15, -0.1) is 0 Å². The highest BCUT2D eigenvalue weighted by Crippen LogP contribution is 2.29. The lowest BCUT2D eigenvalue weighted by molar-refractivity contribution is 0.331. The lowest BCUT2D eigenvalue weighted by atomic mass is 10.0. The summed E-state index contributed by atoms with van der Waals surface area (Å²) < 4.78 is 5.87. The van der Waals surface area contributed by atoms with Gasteiger partial charge in [0.05, 0.1) is 12.1 Å². The van der Waals surface area contributed by atoms with Crippen molar-refractivity contribution in [3.8, 4) is 5.75 Å². The zero-order valence-corrected chi connectivity index (χ0v) is 14.1. The Labute approximate surface area is 147 Å². The Kier molecular flexibility index (Phi) is 4.26. The summed E-state index contributed by atoms with van der Waals surface area (Å²) in [7, 11) is 0. The fourth-order valence-corrected chi connectivity index (χ4v) is 3.30. The van der Waals surface area contributed by atoms with Gasteiger partial charge in [0.1, 0.15) is 18.2 Å². The first-order chi connectivity index (χ1) is 12.3. The van der Waals surface area contributed by atoms with Crippen LogP contribution in [-0.4, -0.2) is 24.7 Å². The molecule has 2 aromatic carbocycles. The van der Waals surface area contributed by atoms with Crippen molar-refractivity contribution in [2.24, 2.45) is 11.5 Å². The summed E-state index contributed by atoms with van der Waals surface area (Å²) in [6.07, 6.45) is 0. The van der Waals surface area contributed by atoms with E-state index >= 15 is 0 Å². The van der Waals surface area contributed by atoms with Gasteiger partial charge in [-0.2, -0.15) is 0 Å². The quantitative estimate of drug-likeness (QED) is 0.770. The van der Waals surface area contributed by atoms with Gasteiger partial charge in [0.15, 0.2) is 0 Å². The molecular formula is C20H22N4O. The molecule has 0 saturated carbocycles. The summed E-state index contributed by atoms with van der Waals surface area (Å²) >= 11 is 0. The number of fused-ring (bicyclic) bond motifs is 2. The van der Waals surface area contributed by atoms with Crippen molar-refractivity contribution < 1.29 is 4.74 Å². The lowest BCUT2D eigenvalue weighted by Gasteiger charge is -2.23. The Bertz CT molecular complexity index is 896. The number of hydrogen-bond donors (Lipinski definition) is 2.